The predicted molar refractivity (Wildman–Crippen MR) is 59.7 cm³/mol. The first kappa shape index (κ1) is 13.2. The van der Waals surface area contributed by atoms with Crippen molar-refractivity contribution in [1.29, 1.82) is 0 Å². The highest BCUT2D eigenvalue weighted by Crippen LogP contribution is 2.31. The van der Waals surface area contributed by atoms with Crippen LogP contribution in [0.25, 0.3) is 0 Å². The van der Waals surface area contributed by atoms with Crippen LogP contribution in [-0.2, 0) is 10.1 Å². The van der Waals surface area contributed by atoms with Crippen LogP contribution in [-0.4, -0.2) is 26.2 Å². The summed E-state index contributed by atoms with van der Waals surface area (Å²) in [6.07, 6.45) is 0. The second-order valence-electron chi connectivity index (χ2n) is 3.02. The molecule has 0 spiro atoms. The smallest absolute Gasteiger partial charge is 0.316 e. The van der Waals surface area contributed by atoms with Crippen LogP contribution in [0.1, 0.15) is 6.92 Å². The van der Waals surface area contributed by atoms with Crippen molar-refractivity contribution in [2.75, 3.05) is 12.9 Å². The van der Waals surface area contributed by atoms with Crippen molar-refractivity contribution in [2.45, 2.75) is 6.92 Å². The van der Waals surface area contributed by atoms with Gasteiger partial charge in [0.2, 0.25) is 5.75 Å². The Hall–Kier alpha value is -1.83. The first-order valence-corrected chi connectivity index (χ1v) is 6.22. The molecular weight excluding hydrogens is 250 g/mol. The molecule has 0 saturated carbocycles. The van der Waals surface area contributed by atoms with E-state index in [4.69, 9.17) is 4.74 Å². The van der Waals surface area contributed by atoms with E-state index >= 15 is 0 Å². The van der Waals surface area contributed by atoms with Gasteiger partial charge in [-0.15, -0.1) is 0 Å². The molecule has 0 radical (unpaired) electrons. The number of hydrogen-bond acceptors (Lipinski definition) is 6. The molecule has 0 unspecified atom stereocenters. The Kier molecular flexibility index (Phi) is 3.89. The summed E-state index contributed by atoms with van der Waals surface area (Å²) >= 11 is 0. The van der Waals surface area contributed by atoms with Crippen LogP contribution in [0.2, 0.25) is 0 Å². The molecule has 94 valence electrons. The van der Waals surface area contributed by atoms with Crippen LogP contribution < -0.4 is 8.92 Å². The number of methoxy groups -OCH3 is 1. The third kappa shape index (κ3) is 3.31. The van der Waals surface area contributed by atoms with Gasteiger partial charge in [0.25, 0.3) is 0 Å². The Balaban J connectivity index is 3.20. The van der Waals surface area contributed by atoms with Crippen molar-refractivity contribution in [2.24, 2.45) is 0 Å². The summed E-state index contributed by atoms with van der Waals surface area (Å²) in [7, 11) is -2.44. The van der Waals surface area contributed by atoms with Crippen molar-refractivity contribution in [3.05, 3.63) is 28.3 Å². The van der Waals surface area contributed by atoms with Gasteiger partial charge in [0.05, 0.1) is 23.9 Å². The number of hydrogen-bond donors (Lipinski definition) is 0. The van der Waals surface area contributed by atoms with Gasteiger partial charge in [-0.2, -0.15) is 8.42 Å². The Bertz CT molecular complexity index is 524. The minimum Gasteiger partial charge on any atom is -0.496 e. The zero-order chi connectivity index (χ0) is 13.1. The maximum Gasteiger partial charge on any atom is 0.316 e. The van der Waals surface area contributed by atoms with Crippen molar-refractivity contribution in [3.8, 4) is 11.5 Å². The number of rotatable bonds is 5. The topological polar surface area (TPSA) is 95.7 Å². The Morgan fingerprint density at radius 1 is 1.41 bits per heavy atom. The summed E-state index contributed by atoms with van der Waals surface area (Å²) in [6, 6.07) is 3.66. The van der Waals surface area contributed by atoms with Gasteiger partial charge < -0.3 is 8.92 Å². The zero-order valence-corrected chi connectivity index (χ0v) is 10.1. The lowest BCUT2D eigenvalue weighted by atomic mass is 10.3. The molecule has 0 aliphatic heterocycles. The maximum atomic E-state index is 11.2. The van der Waals surface area contributed by atoms with Gasteiger partial charge in [0.15, 0.2) is 0 Å². The minimum absolute atomic E-state index is 0.248. The zero-order valence-electron chi connectivity index (χ0n) is 9.24. The lowest BCUT2D eigenvalue weighted by Gasteiger charge is -2.06. The fraction of sp³-hybridized carbons (Fsp3) is 0.333. The molecule has 17 heavy (non-hydrogen) atoms. The van der Waals surface area contributed by atoms with Gasteiger partial charge in [-0.1, -0.05) is 0 Å². The normalized spacial score (nSPS) is 10.9. The number of nitrogens with zero attached hydrogens (tertiary/aromatic N) is 1. The molecule has 7 nitrogen and oxygen atoms in total. The molecule has 0 amide bonds. The molecule has 1 aromatic rings. The van der Waals surface area contributed by atoms with Gasteiger partial charge in [-0.3, -0.25) is 10.1 Å². The van der Waals surface area contributed by atoms with Crippen molar-refractivity contribution in [1.82, 2.24) is 0 Å². The SMILES string of the molecule is CCS(=O)(=O)Oc1ccc(OC)cc1[N+](=O)[O-]. The van der Waals surface area contributed by atoms with E-state index in [9.17, 15) is 18.5 Å². The van der Waals surface area contributed by atoms with E-state index < -0.39 is 20.7 Å². The molecule has 0 bridgehead atoms. The summed E-state index contributed by atoms with van der Waals surface area (Å²) in [4.78, 5) is 10.0. The van der Waals surface area contributed by atoms with E-state index in [-0.39, 0.29) is 17.3 Å². The van der Waals surface area contributed by atoms with E-state index in [0.717, 1.165) is 6.07 Å². The fourth-order valence-corrected chi connectivity index (χ4v) is 1.57. The molecule has 0 N–H and O–H groups in total. The van der Waals surface area contributed by atoms with Gasteiger partial charge in [0.1, 0.15) is 5.75 Å². The number of ether oxygens (including phenoxy) is 1. The fourth-order valence-electron chi connectivity index (χ4n) is 1.03. The second-order valence-corrected chi connectivity index (χ2v) is 4.88. The summed E-state index contributed by atoms with van der Waals surface area (Å²) in [5.74, 6) is -0.341. The summed E-state index contributed by atoms with van der Waals surface area (Å²) < 4.78 is 31.9. The molecule has 0 saturated heterocycles. The predicted octanol–water partition coefficient (Wildman–Crippen LogP) is 1.33. The molecule has 0 aliphatic rings. The van der Waals surface area contributed by atoms with Crippen LogP contribution in [0.15, 0.2) is 18.2 Å². The molecule has 8 heteroatoms. The average molecular weight is 261 g/mol. The highest BCUT2D eigenvalue weighted by atomic mass is 32.2. The average Bonchev–Trinajstić information content (AvgIpc) is 2.29. The molecule has 0 aliphatic carbocycles. The van der Waals surface area contributed by atoms with Gasteiger partial charge in [0, 0.05) is 0 Å². The summed E-state index contributed by atoms with van der Waals surface area (Å²) in [5, 5.41) is 10.7. The number of nitro groups is 1. The van der Waals surface area contributed by atoms with Crippen molar-refractivity contribution < 1.29 is 22.3 Å². The molecule has 0 atom stereocenters. The van der Waals surface area contributed by atoms with Crippen LogP contribution in [0.3, 0.4) is 0 Å². The van der Waals surface area contributed by atoms with E-state index in [0.29, 0.717) is 0 Å². The van der Waals surface area contributed by atoms with Gasteiger partial charge in [-0.05, 0) is 19.1 Å². The van der Waals surface area contributed by atoms with E-state index in [2.05, 4.69) is 4.18 Å². The highest BCUT2D eigenvalue weighted by molar-refractivity contribution is 7.87. The monoisotopic (exact) mass is 261 g/mol. The number of benzene rings is 1. The highest BCUT2D eigenvalue weighted by Gasteiger charge is 2.21. The molecule has 0 aromatic heterocycles. The summed E-state index contributed by atoms with van der Waals surface area (Å²) in [5.41, 5.74) is -0.457. The van der Waals surface area contributed by atoms with Crippen molar-refractivity contribution in [3.63, 3.8) is 0 Å². The lowest BCUT2D eigenvalue weighted by molar-refractivity contribution is -0.385. The van der Waals surface area contributed by atoms with E-state index in [1.807, 2.05) is 0 Å². The van der Waals surface area contributed by atoms with Crippen LogP contribution in [0.5, 0.6) is 11.5 Å². The third-order valence-electron chi connectivity index (χ3n) is 1.93. The maximum absolute atomic E-state index is 11.2. The molecule has 0 heterocycles. The Labute approximate surface area is 98.2 Å². The standard InChI is InChI=1S/C9H11NO6S/c1-3-17(13,14)16-9-5-4-7(15-2)6-8(9)10(11)12/h4-6H,3H2,1-2H3. The molecule has 1 aromatic carbocycles. The molecular formula is C9H11NO6S. The quantitative estimate of drug-likeness (QED) is 0.450. The van der Waals surface area contributed by atoms with Crippen LogP contribution in [0.4, 0.5) is 5.69 Å². The van der Waals surface area contributed by atoms with Gasteiger partial charge >= 0.3 is 15.8 Å². The largest absolute Gasteiger partial charge is 0.496 e. The molecule has 0 fully saturated rings. The second kappa shape index (κ2) is 5.00. The third-order valence-corrected chi connectivity index (χ3v) is 3.07. The Morgan fingerprint density at radius 2 is 2.06 bits per heavy atom. The lowest BCUT2D eigenvalue weighted by Crippen LogP contribution is -2.12. The minimum atomic E-state index is -3.79. The van der Waals surface area contributed by atoms with Crippen LogP contribution in [0, 0.1) is 10.1 Å². The van der Waals surface area contributed by atoms with E-state index in [1.54, 1.807) is 0 Å². The number of nitro benzene ring substituents is 1. The first-order valence-electron chi connectivity index (χ1n) is 4.64. The van der Waals surface area contributed by atoms with Crippen LogP contribution >= 0.6 is 0 Å². The van der Waals surface area contributed by atoms with Crippen molar-refractivity contribution >= 4 is 15.8 Å². The van der Waals surface area contributed by atoms with E-state index in [1.165, 1.54) is 26.2 Å². The Morgan fingerprint density at radius 3 is 2.53 bits per heavy atom. The summed E-state index contributed by atoms with van der Waals surface area (Å²) in [6.45, 7) is 1.38. The first-order chi connectivity index (χ1) is 7.89. The molecule has 1 rings (SSSR count). The van der Waals surface area contributed by atoms with Gasteiger partial charge in [-0.25, -0.2) is 0 Å².